The van der Waals surface area contributed by atoms with Crippen LogP contribution in [0.4, 0.5) is 11.5 Å². The third-order valence-corrected chi connectivity index (χ3v) is 4.98. The number of carbonyl (C=O) groups is 2. The molecule has 0 spiro atoms. The lowest BCUT2D eigenvalue weighted by atomic mass is 10.1. The molecule has 1 aromatic heterocycles. The number of nitrogen functional groups attached to an aromatic ring is 1. The zero-order chi connectivity index (χ0) is 20.5. The first kappa shape index (κ1) is 18.7. The van der Waals surface area contributed by atoms with Gasteiger partial charge in [0.05, 0.1) is 11.4 Å². The zero-order valence-electron chi connectivity index (χ0n) is 16.4. The van der Waals surface area contributed by atoms with E-state index in [1.807, 2.05) is 43.3 Å². The third-order valence-electron chi connectivity index (χ3n) is 4.98. The molecule has 4 rings (SSSR count). The molecule has 0 atom stereocenters. The number of rotatable bonds is 5. The Morgan fingerprint density at radius 3 is 2.48 bits per heavy atom. The Morgan fingerprint density at radius 1 is 1.07 bits per heavy atom. The van der Waals surface area contributed by atoms with E-state index in [2.05, 4.69) is 15.7 Å². The summed E-state index contributed by atoms with van der Waals surface area (Å²) in [5.41, 5.74) is 9.82. The largest absolute Gasteiger partial charge is 0.383 e. The number of aromatic nitrogens is 2. The van der Waals surface area contributed by atoms with E-state index >= 15 is 0 Å². The van der Waals surface area contributed by atoms with Crippen LogP contribution in [0.5, 0.6) is 0 Å². The van der Waals surface area contributed by atoms with Crippen LogP contribution in [0.3, 0.4) is 0 Å². The number of anilines is 2. The van der Waals surface area contributed by atoms with Crippen LogP contribution in [-0.4, -0.2) is 27.6 Å². The molecule has 1 saturated carbocycles. The highest BCUT2D eigenvalue weighted by atomic mass is 16.2. The molecule has 0 radical (unpaired) electrons. The molecule has 2 aromatic carbocycles. The van der Waals surface area contributed by atoms with Crippen LogP contribution in [0.1, 0.15) is 44.8 Å². The molecule has 1 fully saturated rings. The summed E-state index contributed by atoms with van der Waals surface area (Å²) in [4.78, 5) is 25.3. The Balaban J connectivity index is 1.60. The number of nitrogens with two attached hydrogens (primary N) is 1. The van der Waals surface area contributed by atoms with Crippen LogP contribution in [-0.2, 0) is 0 Å². The van der Waals surface area contributed by atoms with Gasteiger partial charge in [-0.2, -0.15) is 5.10 Å². The second-order valence-corrected chi connectivity index (χ2v) is 7.32. The zero-order valence-corrected chi connectivity index (χ0v) is 16.4. The molecule has 7 nitrogen and oxygen atoms in total. The van der Waals surface area contributed by atoms with Gasteiger partial charge in [-0.3, -0.25) is 9.59 Å². The van der Waals surface area contributed by atoms with Crippen LogP contribution >= 0.6 is 0 Å². The maximum atomic E-state index is 13.0. The Kier molecular flexibility index (Phi) is 4.80. The quantitative estimate of drug-likeness (QED) is 0.623. The van der Waals surface area contributed by atoms with E-state index < -0.39 is 0 Å². The fourth-order valence-electron chi connectivity index (χ4n) is 3.17. The summed E-state index contributed by atoms with van der Waals surface area (Å²) >= 11 is 0. The van der Waals surface area contributed by atoms with Crippen molar-refractivity contribution in [3.05, 3.63) is 70.9 Å². The fraction of sp³-hybridized carbons (Fsp3) is 0.227. The van der Waals surface area contributed by atoms with Gasteiger partial charge in [0.15, 0.2) is 0 Å². The molecular formula is C22H23N5O2. The van der Waals surface area contributed by atoms with Crippen molar-refractivity contribution in [2.24, 2.45) is 0 Å². The highest BCUT2D eigenvalue weighted by molar-refractivity contribution is 6.09. The summed E-state index contributed by atoms with van der Waals surface area (Å²) < 4.78 is 1.55. The van der Waals surface area contributed by atoms with E-state index in [-0.39, 0.29) is 23.7 Å². The number of hydrogen-bond donors (Lipinski definition) is 3. The van der Waals surface area contributed by atoms with E-state index in [9.17, 15) is 9.59 Å². The molecule has 7 heteroatoms. The number of amides is 2. The first-order valence-corrected chi connectivity index (χ1v) is 9.57. The lowest BCUT2D eigenvalue weighted by molar-refractivity contribution is 0.0949. The lowest BCUT2D eigenvalue weighted by Gasteiger charge is -2.11. The number of carbonyl (C=O) groups excluding carboxylic acids is 2. The predicted octanol–water partition coefficient (Wildman–Crippen LogP) is 3.22. The molecule has 148 valence electrons. The van der Waals surface area contributed by atoms with E-state index in [4.69, 9.17) is 5.73 Å². The number of para-hydroxylation sites is 1. The number of benzene rings is 2. The van der Waals surface area contributed by atoms with Crippen LogP contribution < -0.4 is 16.4 Å². The Bertz CT molecular complexity index is 1080. The lowest BCUT2D eigenvalue weighted by Crippen LogP contribution is -2.25. The van der Waals surface area contributed by atoms with Crippen molar-refractivity contribution < 1.29 is 9.59 Å². The average Bonchev–Trinajstić information content (AvgIpc) is 3.47. The van der Waals surface area contributed by atoms with Crippen molar-refractivity contribution >= 4 is 23.3 Å². The minimum atomic E-state index is -0.356. The first-order valence-electron chi connectivity index (χ1n) is 9.57. The Labute approximate surface area is 168 Å². The van der Waals surface area contributed by atoms with Gasteiger partial charge in [0.1, 0.15) is 11.4 Å². The Morgan fingerprint density at radius 2 is 1.79 bits per heavy atom. The van der Waals surface area contributed by atoms with Crippen molar-refractivity contribution in [1.82, 2.24) is 15.1 Å². The SMILES string of the molecule is Cc1ccc(C(=O)NC2CC2)cc1NC(=O)c1c(C)nn(-c2ccccc2)c1N. The van der Waals surface area contributed by atoms with Gasteiger partial charge in [-0.15, -0.1) is 0 Å². The molecule has 4 N–H and O–H groups in total. The van der Waals surface area contributed by atoms with E-state index in [0.717, 1.165) is 24.1 Å². The van der Waals surface area contributed by atoms with Crippen molar-refractivity contribution in [2.45, 2.75) is 32.7 Å². The third kappa shape index (κ3) is 3.85. The highest BCUT2D eigenvalue weighted by Gasteiger charge is 2.25. The first-order chi connectivity index (χ1) is 13.9. The summed E-state index contributed by atoms with van der Waals surface area (Å²) in [6.07, 6.45) is 2.04. The number of nitrogens with one attached hydrogen (secondary N) is 2. The molecule has 3 aromatic rings. The molecule has 1 aliphatic rings. The maximum Gasteiger partial charge on any atom is 0.261 e. The monoisotopic (exact) mass is 389 g/mol. The van der Waals surface area contributed by atoms with Crippen LogP contribution in [0.2, 0.25) is 0 Å². The van der Waals surface area contributed by atoms with Gasteiger partial charge in [0.2, 0.25) is 0 Å². The van der Waals surface area contributed by atoms with Gasteiger partial charge in [-0.25, -0.2) is 4.68 Å². The van der Waals surface area contributed by atoms with Crippen molar-refractivity contribution in [3.63, 3.8) is 0 Å². The molecule has 0 bridgehead atoms. The van der Waals surface area contributed by atoms with Crippen molar-refractivity contribution in [1.29, 1.82) is 0 Å². The molecular weight excluding hydrogens is 366 g/mol. The van der Waals surface area contributed by atoms with Crippen molar-refractivity contribution in [2.75, 3.05) is 11.1 Å². The molecule has 0 unspecified atom stereocenters. The summed E-state index contributed by atoms with van der Waals surface area (Å²) in [7, 11) is 0. The number of hydrogen-bond acceptors (Lipinski definition) is 4. The van der Waals surface area contributed by atoms with Gasteiger partial charge in [-0.05, 0) is 56.5 Å². The maximum absolute atomic E-state index is 13.0. The minimum absolute atomic E-state index is 0.129. The van der Waals surface area contributed by atoms with Gasteiger partial charge < -0.3 is 16.4 Å². The van der Waals surface area contributed by atoms with Gasteiger partial charge in [-0.1, -0.05) is 24.3 Å². The normalized spacial score (nSPS) is 13.2. The second kappa shape index (κ2) is 7.43. The number of nitrogens with zero attached hydrogens (tertiary/aromatic N) is 2. The van der Waals surface area contributed by atoms with Crippen LogP contribution in [0.25, 0.3) is 5.69 Å². The van der Waals surface area contributed by atoms with Crippen LogP contribution in [0, 0.1) is 13.8 Å². The molecule has 1 aliphatic carbocycles. The van der Waals surface area contributed by atoms with Crippen molar-refractivity contribution in [3.8, 4) is 5.69 Å². The van der Waals surface area contributed by atoms with E-state index in [1.165, 1.54) is 0 Å². The van der Waals surface area contributed by atoms with Gasteiger partial charge in [0, 0.05) is 17.3 Å². The summed E-state index contributed by atoms with van der Waals surface area (Å²) in [6, 6.07) is 15.0. The molecule has 1 heterocycles. The number of aryl methyl sites for hydroxylation is 2. The molecule has 0 saturated heterocycles. The summed E-state index contributed by atoms with van der Waals surface area (Å²) in [5.74, 6) is -0.216. The molecule has 0 aliphatic heterocycles. The highest BCUT2D eigenvalue weighted by Crippen LogP contribution is 2.24. The smallest absolute Gasteiger partial charge is 0.261 e. The summed E-state index contributed by atoms with van der Waals surface area (Å²) in [6.45, 7) is 3.62. The minimum Gasteiger partial charge on any atom is -0.383 e. The van der Waals surface area contributed by atoms with Crippen LogP contribution in [0.15, 0.2) is 48.5 Å². The molecule has 2 amide bonds. The summed E-state index contributed by atoms with van der Waals surface area (Å²) in [5, 5.41) is 10.3. The van der Waals surface area contributed by atoms with E-state index in [1.54, 1.807) is 23.7 Å². The Hall–Kier alpha value is -3.61. The van der Waals surface area contributed by atoms with Gasteiger partial charge >= 0.3 is 0 Å². The van der Waals surface area contributed by atoms with E-state index in [0.29, 0.717) is 22.5 Å². The average molecular weight is 389 g/mol. The van der Waals surface area contributed by atoms with Gasteiger partial charge in [0.25, 0.3) is 11.8 Å². The fourth-order valence-corrected chi connectivity index (χ4v) is 3.17. The predicted molar refractivity (Wildman–Crippen MR) is 112 cm³/mol. The standard InChI is InChI=1S/C22H23N5O2/c1-13-8-9-15(21(28)24-16-10-11-16)12-18(13)25-22(29)19-14(2)26-27(20(19)23)17-6-4-3-5-7-17/h3-9,12,16H,10-11,23H2,1-2H3,(H,24,28)(H,25,29). The second-order valence-electron chi connectivity index (χ2n) is 7.32. The molecule has 29 heavy (non-hydrogen) atoms. The topological polar surface area (TPSA) is 102 Å².